The van der Waals surface area contributed by atoms with Crippen LogP contribution < -0.4 is 0 Å². The summed E-state index contributed by atoms with van der Waals surface area (Å²) in [4.78, 5) is 0. The molecule has 0 aromatic heterocycles. The summed E-state index contributed by atoms with van der Waals surface area (Å²) < 4.78 is 0. The van der Waals surface area contributed by atoms with Gasteiger partial charge in [-0.25, -0.2) is 5.26 Å². The van der Waals surface area contributed by atoms with Crippen molar-refractivity contribution in [3.05, 3.63) is 0 Å². The van der Waals surface area contributed by atoms with E-state index >= 15 is 0 Å². The fourth-order valence-electron chi connectivity index (χ4n) is 0. The van der Waals surface area contributed by atoms with Crippen LogP contribution in [0.2, 0.25) is 0 Å². The van der Waals surface area contributed by atoms with E-state index in [-0.39, 0.29) is 0 Å². The molecule has 0 aliphatic carbocycles. The summed E-state index contributed by atoms with van der Waals surface area (Å²) in [5.41, 5.74) is 0. The molecule has 0 fully saturated rings. The minimum Gasteiger partial charge on any atom is -0.213 e. The Labute approximate surface area is 59.1 Å². The van der Waals surface area contributed by atoms with Gasteiger partial charge < -0.3 is 0 Å². The van der Waals surface area contributed by atoms with Crippen LogP contribution in [0.5, 0.6) is 0 Å². The molecule has 0 heterocycles. The Morgan fingerprint density at radius 1 is 1.43 bits per heavy atom. The van der Waals surface area contributed by atoms with Crippen LogP contribution >= 0.6 is 39.7 Å². The molecule has 0 aliphatic rings. The lowest BCUT2D eigenvalue weighted by atomic mass is 10.2. The Balaban J connectivity index is 0. The Morgan fingerprint density at radius 2 is 1.43 bits per heavy atom. The predicted octanol–water partition coefficient (Wildman–Crippen LogP) is 2.03. The Kier molecular flexibility index (Phi) is 15.3. The molecule has 0 radical (unpaired) electrons. The van der Waals surface area contributed by atoms with Crippen LogP contribution in [-0.2, 0) is 0 Å². The normalized spacial score (nSPS) is 6.14. The molecule has 0 unspecified atom stereocenters. The van der Waals surface area contributed by atoms with Gasteiger partial charge in [-0.3, -0.25) is 0 Å². The van der Waals surface area contributed by atoms with Crippen molar-refractivity contribution in [1.82, 2.24) is 0 Å². The molecule has 0 atom stereocenters. The van der Waals surface area contributed by atoms with Crippen molar-refractivity contribution >= 4 is 47.5 Å². The van der Waals surface area contributed by atoms with Gasteiger partial charge in [0.1, 0.15) is 0 Å². The minimum atomic E-state index is -1.20. The monoisotopic (exact) mass is 175 g/mol. The maximum atomic E-state index is 7.32. The van der Waals surface area contributed by atoms with E-state index in [9.17, 15) is 0 Å². The molecule has 0 amide bonds. The zero-order chi connectivity index (χ0) is 6.28. The minimum absolute atomic E-state index is 1.20. The van der Waals surface area contributed by atoms with Crippen molar-refractivity contribution in [1.29, 1.82) is 5.26 Å². The zero-order valence-corrected chi connectivity index (χ0v) is 6.69. The molecule has 7 heavy (non-hydrogen) atoms. The summed E-state index contributed by atoms with van der Waals surface area (Å²) in [5, 5.41) is 7.32. The Bertz CT molecular complexity index is 57.7. The molecular formula is CH2BCl3NP. The fraction of sp³-hybridized carbons (Fsp3) is 0. The molecule has 40 valence electrons. The van der Waals surface area contributed by atoms with Gasteiger partial charge in [-0.05, 0) is 5.97 Å². The lowest BCUT2D eigenvalue weighted by molar-refractivity contribution is 1.57. The van der Waals surface area contributed by atoms with Crippen LogP contribution in [0.4, 0.5) is 0 Å². The second-order valence-electron chi connectivity index (χ2n) is 0.415. The third-order valence-electron chi connectivity index (χ3n) is 0. The molecule has 0 saturated heterocycles. The molecular weight excluding hydrogens is 174 g/mol. The molecule has 0 N–H and O–H groups in total. The van der Waals surface area contributed by atoms with Crippen LogP contribution in [0, 0.1) is 11.2 Å². The quantitative estimate of drug-likeness (QED) is 0.409. The first-order valence-electron chi connectivity index (χ1n) is 1.23. The van der Waals surface area contributed by atoms with Gasteiger partial charge in [0.05, 0.1) is 0 Å². The largest absolute Gasteiger partial charge is 0.232 e. The summed E-state index contributed by atoms with van der Waals surface area (Å²) in [6.07, 6.45) is 0. The number of hydrogen-bond acceptors (Lipinski definition) is 1. The van der Waals surface area contributed by atoms with Gasteiger partial charge in [0.15, 0.2) is 5.98 Å². The molecule has 0 spiro atoms. The van der Waals surface area contributed by atoms with E-state index in [4.69, 9.17) is 39.0 Å². The number of nitriles is 1. The number of nitrogens with zero attached hydrogens (tertiary/aromatic N) is 1. The van der Waals surface area contributed by atoms with Crippen LogP contribution in [0.3, 0.4) is 0 Å². The maximum Gasteiger partial charge on any atom is 0.232 e. The third kappa shape index (κ3) is 221. The summed E-state index contributed by atoms with van der Waals surface area (Å²) in [5.74, 6) is 0.546. The summed E-state index contributed by atoms with van der Waals surface area (Å²) in [6.45, 7) is 0. The fourth-order valence-corrected chi connectivity index (χ4v) is 0. The highest BCUT2D eigenvalue weighted by atomic mass is 36.0. The molecule has 6 heteroatoms. The molecule has 1 nitrogen and oxygen atoms in total. The van der Waals surface area contributed by atoms with Gasteiger partial charge in [0, 0.05) is 0 Å². The van der Waals surface area contributed by atoms with E-state index in [0.717, 1.165) is 0 Å². The van der Waals surface area contributed by atoms with Crippen LogP contribution in [0.15, 0.2) is 0 Å². The maximum absolute atomic E-state index is 7.32. The smallest absolute Gasteiger partial charge is 0.213 e. The summed E-state index contributed by atoms with van der Waals surface area (Å²) in [6, 6.07) is 0. The van der Waals surface area contributed by atoms with Crippen molar-refractivity contribution in [2.45, 2.75) is 0 Å². The van der Waals surface area contributed by atoms with E-state index in [1.54, 1.807) is 5.97 Å². The molecule has 0 aromatic rings. The van der Waals surface area contributed by atoms with Crippen molar-refractivity contribution in [3.8, 4) is 5.97 Å². The standard InChI is InChI=1S/CH2BN.Cl3P/c2-1-3;1-4(2)3/h2H2;. The van der Waals surface area contributed by atoms with Crippen LogP contribution in [-0.4, -0.2) is 7.85 Å². The van der Waals surface area contributed by atoms with E-state index in [2.05, 4.69) is 0 Å². The first-order chi connectivity index (χ1) is 3.15. The van der Waals surface area contributed by atoms with E-state index in [0.29, 0.717) is 0 Å². The van der Waals surface area contributed by atoms with E-state index in [1.165, 1.54) is 7.85 Å². The predicted molar refractivity (Wildman–Crippen MR) is 38.6 cm³/mol. The Morgan fingerprint density at radius 3 is 1.43 bits per heavy atom. The lowest BCUT2D eigenvalue weighted by Gasteiger charge is -1.68. The second kappa shape index (κ2) is 9.97. The van der Waals surface area contributed by atoms with E-state index < -0.39 is 5.98 Å². The van der Waals surface area contributed by atoms with Crippen LogP contribution in [0.25, 0.3) is 0 Å². The van der Waals surface area contributed by atoms with Crippen molar-refractivity contribution in [2.75, 3.05) is 0 Å². The number of hydrogen-bond donors (Lipinski definition) is 0. The van der Waals surface area contributed by atoms with E-state index in [1.807, 2.05) is 0 Å². The van der Waals surface area contributed by atoms with Crippen molar-refractivity contribution in [3.63, 3.8) is 0 Å². The van der Waals surface area contributed by atoms with Gasteiger partial charge in [-0.1, -0.05) is 33.7 Å². The third-order valence-corrected chi connectivity index (χ3v) is 0. The molecule has 0 rings (SSSR count). The first kappa shape index (κ1) is 10.8. The second-order valence-corrected chi connectivity index (χ2v) is 5.40. The number of halogens is 3. The zero-order valence-electron chi connectivity index (χ0n) is 3.53. The van der Waals surface area contributed by atoms with Gasteiger partial charge in [0.2, 0.25) is 7.85 Å². The van der Waals surface area contributed by atoms with Gasteiger partial charge in [0.25, 0.3) is 0 Å². The van der Waals surface area contributed by atoms with Crippen LogP contribution in [0.1, 0.15) is 0 Å². The Hall–Kier alpha value is 0.855. The topological polar surface area (TPSA) is 23.8 Å². The number of rotatable bonds is 0. The molecule has 0 aromatic carbocycles. The van der Waals surface area contributed by atoms with Crippen molar-refractivity contribution < 1.29 is 0 Å². The van der Waals surface area contributed by atoms with Gasteiger partial charge >= 0.3 is 0 Å². The van der Waals surface area contributed by atoms with Gasteiger partial charge in [-0.2, -0.15) is 0 Å². The average molecular weight is 176 g/mol. The van der Waals surface area contributed by atoms with Crippen molar-refractivity contribution in [2.24, 2.45) is 0 Å². The first-order valence-corrected chi connectivity index (χ1v) is 5.29. The SMILES string of the molecule is BC#N.ClP(Cl)Cl. The summed E-state index contributed by atoms with van der Waals surface area (Å²) >= 11 is 14.6. The highest BCUT2D eigenvalue weighted by Crippen LogP contribution is 2.51. The average Bonchev–Trinajstić information content (AvgIpc) is 1.33. The molecule has 0 aliphatic heterocycles. The summed E-state index contributed by atoms with van der Waals surface area (Å²) in [7, 11) is 1.43. The van der Waals surface area contributed by atoms with Gasteiger partial charge in [-0.15, -0.1) is 0 Å². The molecule has 0 saturated carbocycles. The molecule has 0 bridgehead atoms. The highest BCUT2D eigenvalue weighted by molar-refractivity contribution is 8.20. The highest BCUT2D eigenvalue weighted by Gasteiger charge is 1.80. The lowest BCUT2D eigenvalue weighted by Crippen LogP contribution is -1.32.